The van der Waals surface area contributed by atoms with Gasteiger partial charge in [0.25, 0.3) is 0 Å². The van der Waals surface area contributed by atoms with Gasteiger partial charge in [-0.25, -0.2) is 0 Å². The van der Waals surface area contributed by atoms with Gasteiger partial charge in [0.2, 0.25) is 0 Å². The Kier molecular flexibility index (Phi) is 1.16. The van der Waals surface area contributed by atoms with E-state index in [0.717, 1.165) is 0 Å². The predicted molar refractivity (Wildman–Crippen MR) is 50.2 cm³/mol. The molecule has 0 unspecified atom stereocenters. The van der Waals surface area contributed by atoms with Crippen molar-refractivity contribution >= 4 is 26.6 Å². The van der Waals surface area contributed by atoms with Gasteiger partial charge in [-0.3, -0.25) is 0 Å². The quantitative estimate of drug-likeness (QED) is 0.365. The van der Waals surface area contributed by atoms with E-state index in [1.54, 1.807) is 11.1 Å². The zero-order chi connectivity index (χ0) is 7.14. The maximum atomic E-state index is 2.23. The van der Waals surface area contributed by atoms with E-state index in [1.165, 1.54) is 23.8 Å². The molecule has 1 aliphatic rings. The van der Waals surface area contributed by atoms with E-state index in [1.807, 2.05) is 0 Å². The van der Waals surface area contributed by atoms with Crippen LogP contribution < -0.4 is 10.9 Å². The second-order valence-electron chi connectivity index (χ2n) is 3.16. The molecule has 0 amide bonds. The molecule has 2 heteroatoms. The number of hydrogen-bond donors (Lipinski definition) is 0. The van der Waals surface area contributed by atoms with Crippen molar-refractivity contribution in [1.29, 1.82) is 0 Å². The zero-order valence-electron chi connectivity index (χ0n) is 6.57. The summed E-state index contributed by atoms with van der Waals surface area (Å²) in [6.45, 7) is 0. The summed E-state index contributed by atoms with van der Waals surface area (Å²) < 4.78 is 0. The molecule has 0 bridgehead atoms. The maximum Gasteiger partial charge on any atom is 0.139 e. The summed E-state index contributed by atoms with van der Waals surface area (Å²) in [5.41, 5.74) is 6.18. The van der Waals surface area contributed by atoms with Crippen molar-refractivity contribution < 1.29 is 0 Å². The zero-order valence-corrected chi connectivity index (χ0v) is 6.57. The van der Waals surface area contributed by atoms with Crippen LogP contribution in [0.4, 0.5) is 0 Å². The lowest BCUT2D eigenvalue weighted by Crippen LogP contribution is -2.29. The molecule has 0 spiro atoms. The third-order valence-corrected chi connectivity index (χ3v) is 2.52. The minimum absolute atomic E-state index is 1.31. The van der Waals surface area contributed by atoms with Crippen LogP contribution in [-0.2, 0) is 12.8 Å². The fourth-order valence-corrected chi connectivity index (χ4v) is 1.70. The van der Waals surface area contributed by atoms with E-state index in [0.29, 0.717) is 0 Å². The molecule has 10 heavy (non-hydrogen) atoms. The first-order valence-electron chi connectivity index (χ1n) is 3.87. The first kappa shape index (κ1) is 6.09. The largest absolute Gasteiger partial charge is 0.139 e. The average Bonchev–Trinajstić information content (AvgIpc) is 1.78. The van der Waals surface area contributed by atoms with Crippen molar-refractivity contribution in [2.75, 3.05) is 0 Å². The fraction of sp³-hybridized carbons (Fsp3) is 0.250. The summed E-state index contributed by atoms with van der Waals surface area (Å²) in [5, 5.41) is 0. The van der Waals surface area contributed by atoms with E-state index in [2.05, 4.69) is 27.8 Å². The van der Waals surface area contributed by atoms with Crippen LogP contribution in [0.1, 0.15) is 11.1 Å². The molecule has 0 heterocycles. The van der Waals surface area contributed by atoms with Crippen molar-refractivity contribution in [3.05, 3.63) is 23.3 Å². The monoisotopic (exact) mass is 128 g/mol. The molecule has 1 aliphatic carbocycles. The molecular weight excluding hydrogens is 118 g/mol. The molecular formula is C8H10B2. The van der Waals surface area contributed by atoms with Crippen LogP contribution in [0.3, 0.4) is 0 Å². The summed E-state index contributed by atoms with van der Waals surface area (Å²) in [6, 6.07) is 4.46. The van der Waals surface area contributed by atoms with Crippen LogP contribution in [-0.4, -0.2) is 15.7 Å². The van der Waals surface area contributed by atoms with E-state index < -0.39 is 0 Å². The second-order valence-corrected chi connectivity index (χ2v) is 3.16. The smallest absolute Gasteiger partial charge is 0.0856 e. The highest BCUT2D eigenvalue weighted by Gasteiger charge is 2.15. The number of rotatable bonds is 0. The Labute approximate surface area is 63.5 Å². The highest BCUT2D eigenvalue weighted by molar-refractivity contribution is 6.37. The first-order valence-corrected chi connectivity index (χ1v) is 3.87. The maximum absolute atomic E-state index is 2.23. The van der Waals surface area contributed by atoms with Crippen LogP contribution in [0, 0.1) is 0 Å². The Balaban J connectivity index is 2.66. The second kappa shape index (κ2) is 1.91. The summed E-state index contributed by atoms with van der Waals surface area (Å²) in [7, 11) is 4.41. The van der Waals surface area contributed by atoms with Crippen LogP contribution in [0.2, 0.25) is 0 Å². The molecule has 0 N–H and O–H groups in total. The summed E-state index contributed by atoms with van der Waals surface area (Å²) in [5.74, 6) is 0. The topological polar surface area (TPSA) is 0 Å². The highest BCUT2D eigenvalue weighted by atomic mass is 14.2. The van der Waals surface area contributed by atoms with Crippen molar-refractivity contribution in [3.63, 3.8) is 0 Å². The summed E-state index contributed by atoms with van der Waals surface area (Å²) in [4.78, 5) is 0. The Morgan fingerprint density at radius 2 is 1.30 bits per heavy atom. The van der Waals surface area contributed by atoms with Gasteiger partial charge in [0, 0.05) is 0 Å². The van der Waals surface area contributed by atoms with E-state index in [9.17, 15) is 0 Å². The van der Waals surface area contributed by atoms with Crippen molar-refractivity contribution in [2.24, 2.45) is 0 Å². The van der Waals surface area contributed by atoms with Gasteiger partial charge >= 0.3 is 0 Å². The molecule has 0 aromatic heterocycles. The van der Waals surface area contributed by atoms with Crippen LogP contribution in [0.5, 0.6) is 0 Å². The minimum atomic E-state index is 1.31. The van der Waals surface area contributed by atoms with E-state index >= 15 is 0 Å². The number of benzene rings is 1. The molecule has 48 valence electrons. The van der Waals surface area contributed by atoms with Gasteiger partial charge in [-0.2, -0.15) is 0 Å². The Hall–Kier alpha value is -0.650. The van der Waals surface area contributed by atoms with Gasteiger partial charge in [-0.1, -0.05) is 34.2 Å². The van der Waals surface area contributed by atoms with E-state index in [-0.39, 0.29) is 0 Å². The Morgan fingerprint density at radius 1 is 0.900 bits per heavy atom. The molecule has 0 saturated heterocycles. The Bertz CT molecular complexity index is 250. The molecule has 0 radical (unpaired) electrons. The molecule has 1 aromatic carbocycles. The molecule has 2 rings (SSSR count). The van der Waals surface area contributed by atoms with Crippen LogP contribution >= 0.6 is 0 Å². The first-order chi connectivity index (χ1) is 4.79. The predicted octanol–water partition coefficient (Wildman–Crippen LogP) is -1.70. The van der Waals surface area contributed by atoms with Crippen molar-refractivity contribution in [1.82, 2.24) is 0 Å². The van der Waals surface area contributed by atoms with Crippen molar-refractivity contribution in [2.45, 2.75) is 12.8 Å². The lowest BCUT2D eigenvalue weighted by atomic mass is 9.71. The SMILES string of the molecule is Bc1ccc(B)c2c1CC2. The summed E-state index contributed by atoms with van der Waals surface area (Å²) >= 11 is 0. The molecule has 0 atom stereocenters. The van der Waals surface area contributed by atoms with Crippen LogP contribution in [0.15, 0.2) is 12.1 Å². The molecule has 0 nitrogen and oxygen atoms in total. The molecule has 1 aromatic rings. The highest BCUT2D eigenvalue weighted by Crippen LogP contribution is 2.16. The third kappa shape index (κ3) is 0.650. The number of fused-ring (bicyclic) bond motifs is 1. The molecule has 0 fully saturated rings. The lowest BCUT2D eigenvalue weighted by Gasteiger charge is -2.23. The standard InChI is InChI=1S/C8H10B2/c9-7-3-4-8(10)6-2-1-5(6)7/h3-4H,1-2,9-10H2. The van der Waals surface area contributed by atoms with Gasteiger partial charge < -0.3 is 0 Å². The fourth-order valence-electron chi connectivity index (χ4n) is 1.70. The minimum Gasteiger partial charge on any atom is -0.0856 e. The molecule has 0 aliphatic heterocycles. The average molecular weight is 128 g/mol. The van der Waals surface area contributed by atoms with Crippen LogP contribution in [0.25, 0.3) is 0 Å². The van der Waals surface area contributed by atoms with Gasteiger partial charge in [-0.15, -0.1) is 0 Å². The summed E-state index contributed by atoms with van der Waals surface area (Å²) in [6.07, 6.45) is 2.62. The van der Waals surface area contributed by atoms with Crippen molar-refractivity contribution in [3.8, 4) is 0 Å². The normalized spacial score (nSPS) is 14.0. The van der Waals surface area contributed by atoms with Gasteiger partial charge in [0.1, 0.15) is 15.7 Å². The lowest BCUT2D eigenvalue weighted by molar-refractivity contribution is 0.856. The van der Waals surface area contributed by atoms with E-state index in [4.69, 9.17) is 0 Å². The van der Waals surface area contributed by atoms with Gasteiger partial charge in [0.15, 0.2) is 0 Å². The Morgan fingerprint density at radius 3 is 1.60 bits per heavy atom. The molecule has 0 saturated carbocycles. The number of hydrogen-bond acceptors (Lipinski definition) is 0. The third-order valence-electron chi connectivity index (χ3n) is 2.52. The van der Waals surface area contributed by atoms with Gasteiger partial charge in [-0.05, 0) is 12.8 Å². The van der Waals surface area contributed by atoms with Gasteiger partial charge in [0.05, 0.1) is 0 Å².